The van der Waals surface area contributed by atoms with Crippen LogP contribution in [0.2, 0.25) is 0 Å². The Morgan fingerprint density at radius 2 is 1.82 bits per heavy atom. The lowest BCUT2D eigenvalue weighted by Crippen LogP contribution is -2.32. The molecule has 1 aromatic heterocycles. The van der Waals surface area contributed by atoms with Crippen LogP contribution in [0.15, 0.2) is 75.8 Å². The van der Waals surface area contributed by atoms with Gasteiger partial charge in [0.2, 0.25) is 0 Å². The van der Waals surface area contributed by atoms with Crippen LogP contribution < -0.4 is 10.9 Å². The van der Waals surface area contributed by atoms with E-state index in [2.05, 4.69) is 15.3 Å². The molecule has 0 fully saturated rings. The zero-order chi connectivity index (χ0) is 22.9. The zero-order valence-corrected chi connectivity index (χ0v) is 18.4. The molecule has 0 spiro atoms. The molecule has 1 aliphatic carbocycles. The van der Waals surface area contributed by atoms with Gasteiger partial charge in [0, 0.05) is 41.5 Å². The fourth-order valence-corrected chi connectivity index (χ4v) is 5.17. The van der Waals surface area contributed by atoms with Crippen molar-refractivity contribution in [1.82, 2.24) is 9.97 Å². The molecule has 0 amide bonds. The summed E-state index contributed by atoms with van der Waals surface area (Å²) < 4.78 is 0. The van der Waals surface area contributed by atoms with E-state index in [0.717, 1.165) is 17.7 Å². The Labute approximate surface area is 193 Å². The molecule has 9 heteroatoms. The number of Topliss-reactive ketones (excluding diaryl/α,β-unsaturated/α-hetero) is 1. The number of fused-ring (bicyclic) bond motifs is 1. The normalized spacial score (nSPS) is 17.2. The first-order chi connectivity index (χ1) is 16.0. The number of ketones is 1. The SMILES string of the molecule is O=C1CCCC2=C1[C@H](c1ccc([N+](=O)[O-])cc1)c1c(nc(SCc3ccccc3)[nH]c1=O)N2. The highest BCUT2D eigenvalue weighted by Gasteiger charge is 2.38. The third kappa shape index (κ3) is 4.07. The molecular formula is C24H20N4O4S. The number of rotatable bonds is 5. The van der Waals surface area contributed by atoms with Gasteiger partial charge in [-0.2, -0.15) is 0 Å². The molecule has 33 heavy (non-hydrogen) atoms. The van der Waals surface area contributed by atoms with Crippen LogP contribution in [0.4, 0.5) is 11.5 Å². The Kier molecular flexibility index (Phi) is 5.55. The average Bonchev–Trinajstić information content (AvgIpc) is 2.82. The first-order valence-corrected chi connectivity index (χ1v) is 11.6. The van der Waals surface area contributed by atoms with Gasteiger partial charge in [-0.1, -0.05) is 54.2 Å². The number of hydrogen-bond donors (Lipinski definition) is 2. The van der Waals surface area contributed by atoms with E-state index < -0.39 is 10.8 Å². The number of nitrogens with one attached hydrogen (secondary N) is 2. The summed E-state index contributed by atoms with van der Waals surface area (Å²) in [6.45, 7) is 0. The molecule has 3 aromatic rings. The second kappa shape index (κ2) is 8.67. The summed E-state index contributed by atoms with van der Waals surface area (Å²) in [6.07, 6.45) is 1.83. The van der Waals surface area contributed by atoms with Gasteiger partial charge in [0.1, 0.15) is 5.82 Å². The number of benzene rings is 2. The summed E-state index contributed by atoms with van der Waals surface area (Å²) in [5, 5.41) is 14.8. The number of nitro benzene ring substituents is 1. The predicted octanol–water partition coefficient (Wildman–Crippen LogP) is 4.53. The van der Waals surface area contributed by atoms with Crippen molar-refractivity contribution >= 4 is 29.1 Å². The Morgan fingerprint density at radius 3 is 2.55 bits per heavy atom. The van der Waals surface area contributed by atoms with Gasteiger partial charge in [-0.15, -0.1) is 0 Å². The second-order valence-corrected chi connectivity index (χ2v) is 8.95. The largest absolute Gasteiger partial charge is 0.343 e. The summed E-state index contributed by atoms with van der Waals surface area (Å²) in [5.74, 6) is 0.459. The van der Waals surface area contributed by atoms with Crippen LogP contribution in [0.5, 0.6) is 0 Å². The van der Waals surface area contributed by atoms with Gasteiger partial charge in [0.25, 0.3) is 11.2 Å². The standard InChI is InChI=1S/C24H20N4O4S/c29-18-8-4-7-17-20(18)19(15-9-11-16(12-10-15)28(31)32)21-22(25-17)26-24(27-23(21)30)33-13-14-5-2-1-3-6-14/h1-3,5-6,9-12,19H,4,7-8,13H2,(H2,25,26,27,30)/t19-/m0/s1. The van der Waals surface area contributed by atoms with Crippen molar-refractivity contribution in [2.24, 2.45) is 0 Å². The Balaban J connectivity index is 1.57. The molecule has 1 atom stereocenters. The van der Waals surface area contributed by atoms with E-state index in [1.54, 1.807) is 12.1 Å². The molecule has 0 radical (unpaired) electrons. The monoisotopic (exact) mass is 460 g/mol. The Morgan fingerprint density at radius 1 is 1.06 bits per heavy atom. The highest BCUT2D eigenvalue weighted by Crippen LogP contribution is 2.43. The van der Waals surface area contributed by atoms with E-state index in [-0.39, 0.29) is 17.0 Å². The maximum atomic E-state index is 13.2. The number of anilines is 1. The van der Waals surface area contributed by atoms with Crippen LogP contribution in [-0.4, -0.2) is 20.7 Å². The topological polar surface area (TPSA) is 118 Å². The van der Waals surface area contributed by atoms with E-state index in [9.17, 15) is 19.7 Å². The zero-order valence-electron chi connectivity index (χ0n) is 17.5. The van der Waals surface area contributed by atoms with Crippen molar-refractivity contribution in [3.63, 3.8) is 0 Å². The third-order valence-corrected chi connectivity index (χ3v) is 6.84. The summed E-state index contributed by atoms with van der Waals surface area (Å²) in [7, 11) is 0. The van der Waals surface area contributed by atoms with Gasteiger partial charge >= 0.3 is 0 Å². The summed E-state index contributed by atoms with van der Waals surface area (Å²) in [4.78, 5) is 44.3. The van der Waals surface area contributed by atoms with E-state index in [0.29, 0.717) is 46.3 Å². The van der Waals surface area contributed by atoms with E-state index >= 15 is 0 Å². The molecule has 5 rings (SSSR count). The molecule has 1 aliphatic heterocycles. The van der Waals surface area contributed by atoms with Gasteiger partial charge in [-0.3, -0.25) is 19.7 Å². The van der Waals surface area contributed by atoms with E-state index in [4.69, 9.17) is 0 Å². The fraction of sp³-hybridized carbons (Fsp3) is 0.208. The number of thioether (sulfide) groups is 1. The van der Waals surface area contributed by atoms with Crippen molar-refractivity contribution in [1.29, 1.82) is 0 Å². The lowest BCUT2D eigenvalue weighted by molar-refractivity contribution is -0.384. The molecule has 0 saturated heterocycles. The predicted molar refractivity (Wildman–Crippen MR) is 125 cm³/mol. The van der Waals surface area contributed by atoms with Crippen LogP contribution in [0.3, 0.4) is 0 Å². The number of H-pyrrole nitrogens is 1. The second-order valence-electron chi connectivity index (χ2n) is 7.98. The number of aromatic nitrogens is 2. The Hall–Kier alpha value is -3.72. The van der Waals surface area contributed by atoms with Crippen molar-refractivity contribution in [3.05, 3.63) is 103 Å². The molecular weight excluding hydrogens is 440 g/mol. The van der Waals surface area contributed by atoms with Gasteiger partial charge in [-0.05, 0) is 24.0 Å². The number of carbonyl (C=O) groups excluding carboxylic acids is 1. The van der Waals surface area contributed by atoms with Crippen LogP contribution >= 0.6 is 11.8 Å². The third-order valence-electron chi connectivity index (χ3n) is 5.89. The first-order valence-electron chi connectivity index (χ1n) is 10.6. The van der Waals surface area contributed by atoms with Crippen molar-refractivity contribution < 1.29 is 9.72 Å². The van der Waals surface area contributed by atoms with Gasteiger partial charge < -0.3 is 10.3 Å². The van der Waals surface area contributed by atoms with Gasteiger partial charge in [0.05, 0.1) is 10.5 Å². The number of non-ortho nitro benzene ring substituents is 1. The molecule has 2 N–H and O–H groups in total. The number of nitrogens with zero attached hydrogens (tertiary/aromatic N) is 2. The lowest BCUT2D eigenvalue weighted by atomic mass is 9.76. The molecule has 0 unspecified atom stereocenters. The highest BCUT2D eigenvalue weighted by molar-refractivity contribution is 7.98. The molecule has 0 saturated carbocycles. The first kappa shape index (κ1) is 21.1. The maximum absolute atomic E-state index is 13.2. The Bertz CT molecular complexity index is 1330. The quantitative estimate of drug-likeness (QED) is 0.248. The van der Waals surface area contributed by atoms with Crippen molar-refractivity contribution in [2.75, 3.05) is 5.32 Å². The van der Waals surface area contributed by atoms with Crippen LogP contribution in [0.1, 0.15) is 41.9 Å². The summed E-state index contributed by atoms with van der Waals surface area (Å²) in [6, 6.07) is 15.9. The highest BCUT2D eigenvalue weighted by atomic mass is 32.2. The summed E-state index contributed by atoms with van der Waals surface area (Å²) in [5.41, 5.74) is 3.10. The lowest BCUT2D eigenvalue weighted by Gasteiger charge is -2.32. The molecule has 8 nitrogen and oxygen atoms in total. The number of hydrogen-bond acceptors (Lipinski definition) is 7. The minimum atomic E-state index is -0.616. The number of carbonyl (C=O) groups is 1. The van der Waals surface area contributed by atoms with Crippen LogP contribution in [-0.2, 0) is 10.5 Å². The number of nitro groups is 1. The van der Waals surface area contributed by atoms with Crippen LogP contribution in [0.25, 0.3) is 0 Å². The molecule has 2 aliphatic rings. The number of aromatic amines is 1. The maximum Gasteiger partial charge on any atom is 0.269 e. The number of allylic oxidation sites excluding steroid dienone is 2. The fourth-order valence-electron chi connectivity index (χ4n) is 4.36. The molecule has 166 valence electrons. The smallest absolute Gasteiger partial charge is 0.269 e. The van der Waals surface area contributed by atoms with E-state index in [1.807, 2.05) is 30.3 Å². The average molecular weight is 461 g/mol. The van der Waals surface area contributed by atoms with Gasteiger partial charge in [0.15, 0.2) is 10.9 Å². The molecule has 0 bridgehead atoms. The summed E-state index contributed by atoms with van der Waals surface area (Å²) >= 11 is 1.43. The van der Waals surface area contributed by atoms with Crippen molar-refractivity contribution in [3.8, 4) is 0 Å². The van der Waals surface area contributed by atoms with Crippen molar-refractivity contribution in [2.45, 2.75) is 36.1 Å². The molecule has 2 heterocycles. The van der Waals surface area contributed by atoms with Crippen LogP contribution in [0, 0.1) is 10.1 Å². The van der Waals surface area contributed by atoms with Gasteiger partial charge in [-0.25, -0.2) is 4.98 Å². The van der Waals surface area contributed by atoms with E-state index in [1.165, 1.54) is 23.9 Å². The minimum Gasteiger partial charge on any atom is -0.343 e. The molecule has 2 aromatic carbocycles. The minimum absolute atomic E-state index is 0.0142.